The molecule has 1 aromatic heterocycles. The molecule has 0 spiro atoms. The highest BCUT2D eigenvalue weighted by atomic mass is 32.2. The van der Waals surface area contributed by atoms with Crippen molar-refractivity contribution in [1.29, 1.82) is 0 Å². The number of aliphatic carboxylic acids is 1. The van der Waals surface area contributed by atoms with Crippen LogP contribution in [0, 0.1) is 6.92 Å². The van der Waals surface area contributed by atoms with E-state index in [1.165, 1.54) is 0 Å². The lowest BCUT2D eigenvalue weighted by molar-refractivity contribution is -0.136. The first kappa shape index (κ1) is 13.6. The Morgan fingerprint density at radius 3 is 2.59 bits per heavy atom. The van der Waals surface area contributed by atoms with Crippen LogP contribution in [0.15, 0.2) is 18.2 Å². The van der Waals surface area contributed by atoms with Gasteiger partial charge >= 0.3 is 5.97 Å². The minimum absolute atomic E-state index is 0.0590. The zero-order valence-corrected chi connectivity index (χ0v) is 10.6. The fourth-order valence-corrected chi connectivity index (χ4v) is 3.16. The summed E-state index contributed by atoms with van der Waals surface area (Å²) in [6.07, 6.45) is 0.0590. The second kappa shape index (κ2) is 5.27. The molecule has 1 atom stereocenters. The summed E-state index contributed by atoms with van der Waals surface area (Å²) in [5.41, 5.74) is 1.09. The normalized spacial score (nSPS) is 13.3. The molecule has 0 aliphatic rings. The van der Waals surface area contributed by atoms with Gasteiger partial charge in [-0.1, -0.05) is 13.0 Å². The molecule has 1 aromatic rings. The molecule has 0 amide bonds. The molecule has 1 unspecified atom stereocenters. The highest BCUT2D eigenvalue weighted by molar-refractivity contribution is 7.92. The molecule has 0 aliphatic carbocycles. The van der Waals surface area contributed by atoms with E-state index in [-0.39, 0.29) is 12.2 Å². The lowest BCUT2D eigenvalue weighted by Crippen LogP contribution is -2.30. The van der Waals surface area contributed by atoms with Crippen LogP contribution in [0.25, 0.3) is 0 Å². The van der Waals surface area contributed by atoms with Crippen LogP contribution < -0.4 is 0 Å². The van der Waals surface area contributed by atoms with E-state index < -0.39 is 21.1 Å². The van der Waals surface area contributed by atoms with Crippen molar-refractivity contribution in [2.45, 2.75) is 31.3 Å². The van der Waals surface area contributed by atoms with Gasteiger partial charge in [-0.05, 0) is 25.5 Å². The van der Waals surface area contributed by atoms with E-state index in [1.807, 2.05) is 0 Å². The molecule has 1 N–H and O–H groups in total. The lowest BCUT2D eigenvalue weighted by atomic mass is 10.3. The van der Waals surface area contributed by atoms with Gasteiger partial charge in [0.15, 0.2) is 15.1 Å². The third kappa shape index (κ3) is 3.52. The third-order valence-electron chi connectivity index (χ3n) is 2.37. The first-order chi connectivity index (χ1) is 7.86. The van der Waals surface area contributed by atoms with Crippen LogP contribution in [0.4, 0.5) is 0 Å². The Bertz CT molecular complexity index is 510. The third-order valence-corrected chi connectivity index (χ3v) is 4.47. The van der Waals surface area contributed by atoms with E-state index in [1.54, 1.807) is 32.0 Å². The van der Waals surface area contributed by atoms with Crippen molar-refractivity contribution in [1.82, 2.24) is 4.98 Å². The average molecular weight is 257 g/mol. The number of aromatic nitrogens is 1. The van der Waals surface area contributed by atoms with Crippen molar-refractivity contribution < 1.29 is 18.3 Å². The van der Waals surface area contributed by atoms with E-state index in [0.29, 0.717) is 11.4 Å². The number of carbonyl (C=O) groups is 1. The lowest BCUT2D eigenvalue weighted by Gasteiger charge is -2.11. The van der Waals surface area contributed by atoms with Gasteiger partial charge in [0.25, 0.3) is 0 Å². The maximum absolute atomic E-state index is 11.9. The predicted octanol–water partition coefficient (Wildman–Crippen LogP) is 1.17. The Kier molecular flexibility index (Phi) is 4.22. The fourth-order valence-electron chi connectivity index (χ4n) is 1.57. The number of hydrogen-bond donors (Lipinski definition) is 1. The van der Waals surface area contributed by atoms with Gasteiger partial charge in [0.1, 0.15) is 0 Å². The minimum atomic E-state index is -3.70. The van der Waals surface area contributed by atoms with E-state index in [2.05, 4.69) is 4.98 Å². The summed E-state index contributed by atoms with van der Waals surface area (Å²) in [7, 11) is -3.70. The highest BCUT2D eigenvalue weighted by Gasteiger charge is 2.31. The number of carboxylic acid groups (broad SMARTS) is 1. The fraction of sp³-hybridized carbons (Fsp3) is 0.455. The van der Waals surface area contributed by atoms with E-state index in [4.69, 9.17) is 5.11 Å². The van der Waals surface area contributed by atoms with E-state index in [9.17, 15) is 13.2 Å². The van der Waals surface area contributed by atoms with Gasteiger partial charge in [-0.3, -0.25) is 9.78 Å². The smallest absolute Gasteiger partial charge is 0.321 e. The molecule has 0 saturated carbocycles. The van der Waals surface area contributed by atoms with Gasteiger partial charge in [0.2, 0.25) is 0 Å². The van der Waals surface area contributed by atoms with Crippen LogP contribution in [0.3, 0.4) is 0 Å². The molecule has 6 heteroatoms. The zero-order chi connectivity index (χ0) is 13.1. The van der Waals surface area contributed by atoms with Gasteiger partial charge in [-0.25, -0.2) is 8.42 Å². The predicted molar refractivity (Wildman–Crippen MR) is 63.3 cm³/mol. The van der Waals surface area contributed by atoms with Crippen molar-refractivity contribution >= 4 is 15.8 Å². The SMILES string of the molecule is CCC(C(=O)O)S(=O)(=O)Cc1cccc(C)n1. The summed E-state index contributed by atoms with van der Waals surface area (Å²) in [6.45, 7) is 3.30. The molecule has 17 heavy (non-hydrogen) atoms. The summed E-state index contributed by atoms with van der Waals surface area (Å²) in [5, 5.41) is 7.49. The molecular weight excluding hydrogens is 242 g/mol. The Morgan fingerprint density at radius 2 is 2.12 bits per heavy atom. The monoisotopic (exact) mass is 257 g/mol. The zero-order valence-electron chi connectivity index (χ0n) is 9.75. The van der Waals surface area contributed by atoms with Crippen LogP contribution >= 0.6 is 0 Å². The van der Waals surface area contributed by atoms with Crippen LogP contribution in [0.5, 0.6) is 0 Å². The molecule has 0 radical (unpaired) electrons. The number of aryl methyl sites for hydroxylation is 1. The topological polar surface area (TPSA) is 84.3 Å². The van der Waals surface area contributed by atoms with Gasteiger partial charge in [0, 0.05) is 5.69 Å². The molecular formula is C11H15NO4S. The first-order valence-corrected chi connectivity index (χ1v) is 6.95. The summed E-state index contributed by atoms with van der Waals surface area (Å²) in [4.78, 5) is 14.9. The second-order valence-electron chi connectivity index (χ2n) is 3.81. The van der Waals surface area contributed by atoms with Crippen molar-refractivity contribution in [3.63, 3.8) is 0 Å². The maximum Gasteiger partial charge on any atom is 0.321 e. The Labute approximate surface area is 100 Å². The van der Waals surface area contributed by atoms with Crippen LogP contribution in [0.1, 0.15) is 24.7 Å². The Balaban J connectivity index is 2.97. The quantitative estimate of drug-likeness (QED) is 0.855. The standard InChI is InChI=1S/C11H15NO4S/c1-3-10(11(13)14)17(15,16)7-9-6-4-5-8(2)12-9/h4-6,10H,3,7H2,1-2H3,(H,13,14). The number of rotatable bonds is 5. The Hall–Kier alpha value is -1.43. The van der Waals surface area contributed by atoms with Crippen LogP contribution in [-0.4, -0.2) is 29.7 Å². The van der Waals surface area contributed by atoms with E-state index >= 15 is 0 Å². The summed E-state index contributed by atoms with van der Waals surface area (Å²) < 4.78 is 23.7. The van der Waals surface area contributed by atoms with Gasteiger partial charge < -0.3 is 5.11 Å². The summed E-state index contributed by atoms with van der Waals surface area (Å²) >= 11 is 0. The van der Waals surface area contributed by atoms with Crippen LogP contribution in [0.2, 0.25) is 0 Å². The molecule has 94 valence electrons. The van der Waals surface area contributed by atoms with Gasteiger partial charge in [-0.15, -0.1) is 0 Å². The van der Waals surface area contributed by atoms with Crippen molar-refractivity contribution in [2.24, 2.45) is 0 Å². The first-order valence-electron chi connectivity index (χ1n) is 5.23. The largest absolute Gasteiger partial charge is 0.480 e. The molecule has 0 aliphatic heterocycles. The molecule has 0 saturated heterocycles. The number of carboxylic acids is 1. The summed E-state index contributed by atoms with van der Waals surface area (Å²) in [6, 6.07) is 5.04. The minimum Gasteiger partial charge on any atom is -0.480 e. The van der Waals surface area contributed by atoms with Crippen molar-refractivity contribution in [2.75, 3.05) is 0 Å². The molecule has 0 bridgehead atoms. The maximum atomic E-state index is 11.9. The molecule has 1 heterocycles. The van der Waals surface area contributed by atoms with E-state index in [0.717, 1.165) is 0 Å². The average Bonchev–Trinajstić information content (AvgIpc) is 2.16. The van der Waals surface area contributed by atoms with Crippen molar-refractivity contribution in [3.05, 3.63) is 29.6 Å². The number of sulfone groups is 1. The second-order valence-corrected chi connectivity index (χ2v) is 6.00. The van der Waals surface area contributed by atoms with Gasteiger partial charge in [-0.2, -0.15) is 0 Å². The Morgan fingerprint density at radius 1 is 1.47 bits per heavy atom. The number of hydrogen-bond acceptors (Lipinski definition) is 4. The molecule has 1 rings (SSSR count). The number of nitrogens with zero attached hydrogens (tertiary/aromatic N) is 1. The molecule has 0 fully saturated rings. The summed E-state index contributed by atoms with van der Waals surface area (Å²) in [5.74, 6) is -1.64. The molecule has 0 aromatic carbocycles. The van der Waals surface area contributed by atoms with Crippen molar-refractivity contribution in [3.8, 4) is 0 Å². The molecule has 5 nitrogen and oxygen atoms in total. The highest BCUT2D eigenvalue weighted by Crippen LogP contribution is 2.13. The van der Waals surface area contributed by atoms with Crippen LogP contribution in [-0.2, 0) is 20.4 Å². The number of pyridine rings is 1. The van der Waals surface area contributed by atoms with Gasteiger partial charge in [0.05, 0.1) is 11.4 Å².